The molecule has 4 nitrogen and oxygen atoms in total. The van der Waals surface area contributed by atoms with Gasteiger partial charge in [0.15, 0.2) is 17.3 Å². The molecule has 0 fully saturated rings. The van der Waals surface area contributed by atoms with E-state index in [4.69, 9.17) is 26.8 Å². The third-order valence-electron chi connectivity index (χ3n) is 2.88. The average molecular weight is 270 g/mol. The highest BCUT2D eigenvalue weighted by Gasteiger charge is 2.25. The lowest BCUT2D eigenvalue weighted by Crippen LogP contribution is -2.20. The number of carbonyl (C=O) groups is 1. The van der Waals surface area contributed by atoms with E-state index in [2.05, 4.69) is 0 Å². The zero-order valence-electron chi connectivity index (χ0n) is 10.5. The highest BCUT2D eigenvalue weighted by molar-refractivity contribution is 6.33. The summed E-state index contributed by atoms with van der Waals surface area (Å²) in [5, 5.41) is 0.457. The van der Waals surface area contributed by atoms with Gasteiger partial charge in [-0.05, 0) is 17.5 Å². The number of halogens is 1. The number of rotatable bonds is 3. The van der Waals surface area contributed by atoms with Crippen LogP contribution in [0.2, 0.25) is 5.02 Å². The number of carbonyl (C=O) groups excluding carboxylic acids is 1. The molecule has 0 saturated heterocycles. The molecule has 0 bridgehead atoms. The molecule has 0 aliphatic carbocycles. The van der Waals surface area contributed by atoms with Crippen molar-refractivity contribution in [2.75, 3.05) is 19.8 Å². The van der Waals surface area contributed by atoms with Crippen LogP contribution in [0.1, 0.15) is 35.7 Å². The fourth-order valence-electron chi connectivity index (χ4n) is 2.07. The first kappa shape index (κ1) is 13.2. The summed E-state index contributed by atoms with van der Waals surface area (Å²) in [4.78, 5) is 11.9. The molecule has 0 aromatic heterocycles. The van der Waals surface area contributed by atoms with Gasteiger partial charge in [-0.2, -0.15) is 0 Å². The minimum atomic E-state index is -0.141. The summed E-state index contributed by atoms with van der Waals surface area (Å²) in [6.07, 6.45) is 0. The summed E-state index contributed by atoms with van der Waals surface area (Å²) in [6.45, 7) is 4.83. The smallest absolute Gasteiger partial charge is 0.180 e. The number of hydrogen-bond donors (Lipinski definition) is 1. The van der Waals surface area contributed by atoms with E-state index in [1.54, 1.807) is 6.07 Å². The number of benzene rings is 1. The Morgan fingerprint density at radius 3 is 2.72 bits per heavy atom. The normalized spacial score (nSPS) is 13.8. The Kier molecular flexibility index (Phi) is 3.78. The number of Topliss-reactive ketones (excluding diaryl/α,β-unsaturated/α-hetero) is 1. The third-order valence-corrected chi connectivity index (χ3v) is 3.25. The Balaban J connectivity index is 2.64. The number of fused-ring (bicyclic) bond motifs is 1. The van der Waals surface area contributed by atoms with Crippen molar-refractivity contribution in [2.24, 2.45) is 5.73 Å². The summed E-state index contributed by atoms with van der Waals surface area (Å²) >= 11 is 6.33. The predicted molar refractivity (Wildman–Crippen MR) is 69.9 cm³/mol. The van der Waals surface area contributed by atoms with Crippen LogP contribution in [0.3, 0.4) is 0 Å². The first-order valence-electron chi connectivity index (χ1n) is 5.91. The monoisotopic (exact) mass is 269 g/mol. The molecule has 0 spiro atoms. The molecule has 0 atom stereocenters. The molecule has 1 aliphatic rings. The molecule has 5 heteroatoms. The summed E-state index contributed by atoms with van der Waals surface area (Å²) in [6, 6.07) is 1.69. The Morgan fingerprint density at radius 1 is 1.44 bits per heavy atom. The van der Waals surface area contributed by atoms with Crippen LogP contribution >= 0.6 is 11.6 Å². The number of ether oxygens (including phenoxy) is 2. The maximum atomic E-state index is 11.9. The van der Waals surface area contributed by atoms with Gasteiger partial charge in [0.1, 0.15) is 13.2 Å². The lowest BCUT2D eigenvalue weighted by atomic mass is 9.93. The van der Waals surface area contributed by atoms with Gasteiger partial charge in [0, 0.05) is 5.56 Å². The molecule has 0 unspecified atom stereocenters. The second-order valence-electron chi connectivity index (χ2n) is 4.46. The van der Waals surface area contributed by atoms with Crippen molar-refractivity contribution in [3.8, 4) is 11.5 Å². The van der Waals surface area contributed by atoms with Gasteiger partial charge in [0.2, 0.25) is 0 Å². The highest BCUT2D eigenvalue weighted by atomic mass is 35.5. The molecule has 2 rings (SSSR count). The summed E-state index contributed by atoms with van der Waals surface area (Å²) < 4.78 is 11.0. The Labute approximate surface area is 111 Å². The van der Waals surface area contributed by atoms with Gasteiger partial charge in [-0.3, -0.25) is 4.79 Å². The first-order valence-corrected chi connectivity index (χ1v) is 6.29. The van der Waals surface area contributed by atoms with Gasteiger partial charge < -0.3 is 15.2 Å². The molecule has 1 aromatic rings. The van der Waals surface area contributed by atoms with E-state index in [0.29, 0.717) is 35.3 Å². The Bertz CT molecular complexity index is 486. The highest BCUT2D eigenvalue weighted by Crippen LogP contribution is 2.44. The van der Waals surface area contributed by atoms with E-state index < -0.39 is 0 Å². The topological polar surface area (TPSA) is 61.6 Å². The van der Waals surface area contributed by atoms with Gasteiger partial charge in [-0.1, -0.05) is 25.4 Å². The van der Waals surface area contributed by atoms with Crippen LogP contribution in [-0.2, 0) is 0 Å². The van der Waals surface area contributed by atoms with Gasteiger partial charge in [0.05, 0.1) is 11.6 Å². The van der Waals surface area contributed by atoms with Crippen LogP contribution in [-0.4, -0.2) is 25.5 Å². The van der Waals surface area contributed by atoms with Crippen molar-refractivity contribution in [1.82, 2.24) is 0 Å². The largest absolute Gasteiger partial charge is 0.486 e. The van der Waals surface area contributed by atoms with Crippen molar-refractivity contribution < 1.29 is 14.3 Å². The molecular weight excluding hydrogens is 254 g/mol. The molecule has 0 saturated carbocycles. The van der Waals surface area contributed by atoms with Gasteiger partial charge >= 0.3 is 0 Å². The first-order chi connectivity index (χ1) is 8.56. The molecule has 1 aromatic carbocycles. The number of nitrogens with two attached hydrogens (primary N) is 1. The molecule has 1 heterocycles. The van der Waals surface area contributed by atoms with Crippen LogP contribution in [0.4, 0.5) is 0 Å². The number of ketones is 1. The molecule has 18 heavy (non-hydrogen) atoms. The maximum Gasteiger partial charge on any atom is 0.180 e. The quantitative estimate of drug-likeness (QED) is 0.856. The second kappa shape index (κ2) is 5.16. The van der Waals surface area contributed by atoms with Crippen LogP contribution in [0, 0.1) is 0 Å². The minimum Gasteiger partial charge on any atom is -0.486 e. The fraction of sp³-hybridized carbons (Fsp3) is 0.462. The van der Waals surface area contributed by atoms with E-state index in [1.807, 2.05) is 13.8 Å². The van der Waals surface area contributed by atoms with E-state index >= 15 is 0 Å². The fourth-order valence-corrected chi connectivity index (χ4v) is 2.53. The Morgan fingerprint density at radius 2 is 2.11 bits per heavy atom. The van der Waals surface area contributed by atoms with Crippen LogP contribution < -0.4 is 15.2 Å². The summed E-state index contributed by atoms with van der Waals surface area (Å²) in [5.41, 5.74) is 6.74. The Hall–Kier alpha value is -1.26. The molecule has 1 aliphatic heterocycles. The standard InChI is InChI=1S/C13H16ClNO3/c1-7(2)11-8(9(16)6-15)5-10-13(12(11)14)18-4-3-17-10/h5,7H,3-4,6,15H2,1-2H3. The average Bonchev–Trinajstić information content (AvgIpc) is 2.37. The van der Waals surface area contributed by atoms with Crippen LogP contribution in [0.5, 0.6) is 11.5 Å². The zero-order chi connectivity index (χ0) is 13.3. The zero-order valence-corrected chi connectivity index (χ0v) is 11.2. The van der Waals surface area contributed by atoms with Crippen LogP contribution in [0.25, 0.3) is 0 Å². The van der Waals surface area contributed by atoms with E-state index in [9.17, 15) is 4.79 Å². The predicted octanol–water partition coefficient (Wildman–Crippen LogP) is 2.38. The lowest BCUT2D eigenvalue weighted by Gasteiger charge is -2.24. The van der Waals surface area contributed by atoms with Crippen molar-refractivity contribution in [1.29, 1.82) is 0 Å². The van der Waals surface area contributed by atoms with E-state index in [1.165, 1.54) is 0 Å². The van der Waals surface area contributed by atoms with Gasteiger partial charge in [0.25, 0.3) is 0 Å². The maximum absolute atomic E-state index is 11.9. The molecule has 2 N–H and O–H groups in total. The molecular formula is C13H16ClNO3. The number of hydrogen-bond acceptors (Lipinski definition) is 4. The lowest BCUT2D eigenvalue weighted by molar-refractivity contribution is 0.0998. The van der Waals surface area contributed by atoms with Crippen molar-refractivity contribution >= 4 is 17.4 Å². The molecule has 0 amide bonds. The van der Waals surface area contributed by atoms with E-state index in [-0.39, 0.29) is 18.2 Å². The summed E-state index contributed by atoms with van der Waals surface area (Å²) in [5.74, 6) is 1.02. The third kappa shape index (κ3) is 2.18. The van der Waals surface area contributed by atoms with Crippen molar-refractivity contribution in [2.45, 2.75) is 19.8 Å². The minimum absolute atomic E-state index is 0.0459. The van der Waals surface area contributed by atoms with Gasteiger partial charge in [-0.15, -0.1) is 0 Å². The van der Waals surface area contributed by atoms with Crippen molar-refractivity contribution in [3.63, 3.8) is 0 Å². The second-order valence-corrected chi connectivity index (χ2v) is 4.84. The van der Waals surface area contributed by atoms with Crippen LogP contribution in [0.15, 0.2) is 6.07 Å². The SMILES string of the molecule is CC(C)c1c(C(=O)CN)cc2c(c1Cl)OCCO2. The van der Waals surface area contributed by atoms with Crippen molar-refractivity contribution in [3.05, 3.63) is 22.2 Å². The van der Waals surface area contributed by atoms with E-state index in [0.717, 1.165) is 5.56 Å². The molecule has 0 radical (unpaired) electrons. The van der Waals surface area contributed by atoms with Gasteiger partial charge in [-0.25, -0.2) is 0 Å². The summed E-state index contributed by atoms with van der Waals surface area (Å²) in [7, 11) is 0. The molecule has 98 valence electrons.